The van der Waals surface area contributed by atoms with Gasteiger partial charge in [-0.2, -0.15) is 79.0 Å². The first-order valence-electron chi connectivity index (χ1n) is 36.8. The van der Waals surface area contributed by atoms with E-state index in [0.29, 0.717) is 65.1 Å². The van der Waals surface area contributed by atoms with Crippen molar-refractivity contribution in [2.45, 2.75) is 66.1 Å². The minimum absolute atomic E-state index is 0.0438. The van der Waals surface area contributed by atoms with Crippen molar-refractivity contribution >= 4 is 81.4 Å². The average Bonchev–Trinajstić information content (AvgIpc) is 0.924. The molecule has 4 aliphatic carbocycles. The molecule has 10 N–H and O–H groups in total. The number of alkyl halides is 18. The number of hydrogen-bond acceptors (Lipinski definition) is 15. The number of nitrogens with one attached hydrogen (secondary N) is 4. The molecule has 124 heavy (non-hydrogen) atoms. The van der Waals surface area contributed by atoms with Gasteiger partial charge in [-0.05, 0) is 209 Å². The maximum atomic E-state index is 15.8. The van der Waals surface area contributed by atoms with Crippen molar-refractivity contribution in [3.05, 3.63) is 262 Å². The Kier molecular flexibility index (Phi) is 20.3. The van der Waals surface area contributed by atoms with Crippen molar-refractivity contribution in [2.75, 3.05) is 31.1 Å². The van der Waals surface area contributed by atoms with E-state index in [-0.39, 0.29) is 89.9 Å². The summed E-state index contributed by atoms with van der Waals surface area (Å²) in [6.07, 6.45) is -30.9. The van der Waals surface area contributed by atoms with E-state index in [1.54, 1.807) is 24.3 Å². The van der Waals surface area contributed by atoms with Gasteiger partial charge in [-0.3, -0.25) is 38.4 Å². The van der Waals surface area contributed by atoms with Gasteiger partial charge >= 0.3 is 37.1 Å². The van der Waals surface area contributed by atoms with Crippen LogP contribution in [0.1, 0.15) is 87.7 Å². The fourth-order valence-corrected chi connectivity index (χ4v) is 17.6. The molecule has 0 aromatic heterocycles. The molecule has 9 aromatic carbocycles. The van der Waals surface area contributed by atoms with Gasteiger partial charge in [0.05, 0.1) is 57.8 Å². The number of anilines is 6. The summed E-state index contributed by atoms with van der Waals surface area (Å²) >= 11 is 0. The quantitative estimate of drug-likeness (QED) is 0.0165. The third-order valence-corrected chi connectivity index (χ3v) is 23.4. The standard InChI is InChI=1S/C85H56F18N6O15/c86-80(87,88)77(81(89,90)91,46-13-23-61(112)55(32-46)106-71(118)43-2-1-3-44(30-43)72(119)107-56-34-48(15-25-62(56)113)79(84(98,99)100,85(101,102)103)50-17-27-64(115)58(36-50)109-75(122)67-41-6-7-42(29-41)68(67)76(109)123)45-12-22-59(110)53(31-45)104-69(116)37-8-18-51(19-9-37)124-52-20-10-38(11-21-52)70(117)105-54-33-47(14-24-60(54)111)78(82(92,93)94,83(95,96)97)49-16-26-63(114)57(35-49)108-73(120)65-39-4-5-40(28-39)66(65)74(108)121/h1-27,30-36,39-42,65-68,110-115H,28-29H2,(H,104,116)(H,105,117)(H,106,118)(H,107,119). The van der Waals surface area contributed by atoms with Crippen LogP contribution >= 0.6 is 0 Å². The molecule has 6 aliphatic rings. The molecule has 2 saturated heterocycles. The molecule has 8 unspecified atom stereocenters. The Morgan fingerprint density at radius 2 is 0.516 bits per heavy atom. The molecular formula is C85H56F18N6O15. The van der Waals surface area contributed by atoms with Crippen molar-refractivity contribution in [1.29, 1.82) is 0 Å². The van der Waals surface area contributed by atoms with Gasteiger partial charge in [-0.25, -0.2) is 9.80 Å². The van der Waals surface area contributed by atoms with E-state index in [1.807, 2.05) is 21.3 Å². The summed E-state index contributed by atoms with van der Waals surface area (Å²) in [5.74, 6) is -22.0. The van der Waals surface area contributed by atoms with Crippen LogP contribution in [0.25, 0.3) is 0 Å². The number of benzene rings is 9. The number of halogens is 18. The van der Waals surface area contributed by atoms with E-state index in [0.717, 1.165) is 66.7 Å². The Morgan fingerprint density at radius 1 is 0.290 bits per heavy atom. The summed E-state index contributed by atoms with van der Waals surface area (Å²) in [6, 6.07) is 16.2. The lowest BCUT2D eigenvalue weighted by Crippen LogP contribution is -2.54. The van der Waals surface area contributed by atoms with E-state index in [1.165, 1.54) is 0 Å². The van der Waals surface area contributed by atoms with Crippen molar-refractivity contribution in [3.8, 4) is 46.0 Å². The smallest absolute Gasteiger partial charge is 0.411 e. The maximum Gasteiger partial charge on any atom is 0.411 e. The van der Waals surface area contributed by atoms with Crippen LogP contribution in [0.4, 0.5) is 113 Å². The topological polar surface area (TPSA) is 322 Å². The second-order valence-electron chi connectivity index (χ2n) is 30.1. The SMILES string of the molecule is O=C(Nc1cc(C(c2ccc(O)c(NC(=O)c3cccc(C(=O)Nc4cc(C(c5ccc(O)c(N6C(=O)C7C8C=CC(C8)C7C6=O)c5)(C(F)(F)F)C(F)(F)F)ccc4O)c3)c2)(C(F)(F)F)C(F)(F)F)ccc1O)c1ccc(Oc2ccc(C(=O)Nc3cc(C(c4ccc(O)c(N5C(=O)C6C7C=CC(C7)C6C5=O)c4)(C(F)(F)F)C(F)(F)F)ccc3O)cc2)cc1. The minimum Gasteiger partial charge on any atom is -0.506 e. The highest BCUT2D eigenvalue weighted by Gasteiger charge is 2.76. The van der Waals surface area contributed by atoms with Crippen LogP contribution in [0.3, 0.4) is 0 Å². The molecule has 4 fully saturated rings. The van der Waals surface area contributed by atoms with Crippen molar-refractivity contribution < 1.29 is 153 Å². The first kappa shape index (κ1) is 85.0. The van der Waals surface area contributed by atoms with Crippen LogP contribution in [0.5, 0.6) is 46.0 Å². The second kappa shape index (κ2) is 29.6. The summed E-state index contributed by atoms with van der Waals surface area (Å²) in [6.45, 7) is 0. The molecule has 2 aliphatic heterocycles. The molecule has 0 radical (unpaired) electrons. The highest BCUT2D eigenvalue weighted by molar-refractivity contribution is 6.24. The van der Waals surface area contributed by atoms with Gasteiger partial charge in [0.1, 0.15) is 46.0 Å². The van der Waals surface area contributed by atoms with Crippen LogP contribution in [0.15, 0.2) is 206 Å². The monoisotopic (exact) mass is 1740 g/mol. The van der Waals surface area contributed by atoms with Crippen LogP contribution in [-0.4, -0.2) is 115 Å². The van der Waals surface area contributed by atoms with E-state index in [4.69, 9.17) is 4.74 Å². The van der Waals surface area contributed by atoms with Gasteiger partial charge in [0.25, 0.3) is 23.6 Å². The van der Waals surface area contributed by atoms with Crippen LogP contribution in [0, 0.1) is 47.3 Å². The predicted molar refractivity (Wildman–Crippen MR) is 399 cm³/mol. The fourth-order valence-electron chi connectivity index (χ4n) is 17.6. The second-order valence-corrected chi connectivity index (χ2v) is 30.1. The number of imide groups is 2. The van der Waals surface area contributed by atoms with Gasteiger partial charge in [0.2, 0.25) is 39.9 Å². The molecule has 8 amide bonds. The van der Waals surface area contributed by atoms with Gasteiger partial charge in [-0.1, -0.05) is 66.8 Å². The Balaban J connectivity index is 0.623. The number of phenolic OH excluding ortho intramolecular Hbond substituents is 6. The van der Waals surface area contributed by atoms with Crippen molar-refractivity contribution in [2.24, 2.45) is 47.3 Å². The summed E-state index contributed by atoms with van der Waals surface area (Å²) in [5.41, 5.74) is -34.2. The third kappa shape index (κ3) is 13.5. The first-order chi connectivity index (χ1) is 58.0. The highest BCUT2D eigenvalue weighted by atomic mass is 19.4. The van der Waals surface area contributed by atoms with E-state index < -0.39 is 267 Å². The first-order valence-corrected chi connectivity index (χ1v) is 36.8. The summed E-state index contributed by atoms with van der Waals surface area (Å²) in [4.78, 5) is 110. The molecule has 2 heterocycles. The predicted octanol–water partition coefficient (Wildman–Crippen LogP) is 17.6. The van der Waals surface area contributed by atoms with Crippen LogP contribution in [0.2, 0.25) is 0 Å². The number of nitrogens with zero attached hydrogens (tertiary/aromatic N) is 2. The highest BCUT2D eigenvalue weighted by Crippen LogP contribution is 2.64. The van der Waals surface area contributed by atoms with E-state index in [2.05, 4.69) is 0 Å². The summed E-state index contributed by atoms with van der Waals surface area (Å²) < 4.78 is 287. The Morgan fingerprint density at radius 3 is 0.758 bits per heavy atom. The van der Waals surface area contributed by atoms with Crippen molar-refractivity contribution in [3.63, 3.8) is 0 Å². The van der Waals surface area contributed by atoms with Gasteiger partial charge < -0.3 is 56.6 Å². The number of hydrogen-bond donors (Lipinski definition) is 10. The molecule has 4 bridgehead atoms. The number of ether oxygens (including phenoxy) is 1. The molecule has 642 valence electrons. The lowest BCUT2D eigenvalue weighted by atomic mass is 9.72. The van der Waals surface area contributed by atoms with Gasteiger partial charge in [-0.15, -0.1) is 0 Å². The largest absolute Gasteiger partial charge is 0.506 e. The number of carbonyl (C=O) groups is 8. The number of rotatable bonds is 18. The number of carbonyl (C=O) groups excluding carboxylic acids is 8. The third-order valence-electron chi connectivity index (χ3n) is 23.4. The zero-order valence-electron chi connectivity index (χ0n) is 62.2. The fraction of sp³-hybridized carbons (Fsp3) is 0.224. The zero-order valence-corrected chi connectivity index (χ0v) is 62.2. The number of amides is 8. The maximum absolute atomic E-state index is 15.8. The Hall–Kier alpha value is -14.0. The van der Waals surface area contributed by atoms with Crippen molar-refractivity contribution in [1.82, 2.24) is 0 Å². The zero-order chi connectivity index (χ0) is 89.7. The van der Waals surface area contributed by atoms with Gasteiger partial charge in [0.15, 0.2) is 0 Å². The molecule has 2 saturated carbocycles. The molecule has 15 rings (SSSR count). The van der Waals surface area contributed by atoms with Crippen LogP contribution in [-0.2, 0) is 35.4 Å². The molecular weight excluding hydrogens is 1690 g/mol. The molecule has 21 nitrogen and oxygen atoms in total. The lowest BCUT2D eigenvalue weighted by molar-refractivity contribution is -0.290. The summed E-state index contributed by atoms with van der Waals surface area (Å²) in [7, 11) is 0. The summed E-state index contributed by atoms with van der Waals surface area (Å²) in [5, 5.41) is 72.9. The normalized spacial score (nSPS) is 20.1. The number of allylic oxidation sites excluding steroid dienone is 4. The average molecular weight is 1740 g/mol. The number of aromatic hydroxyl groups is 6. The molecule has 0 spiro atoms. The number of phenols is 6. The lowest BCUT2D eigenvalue weighted by Gasteiger charge is -2.39. The van der Waals surface area contributed by atoms with E-state index in [9.17, 15) is 69.0 Å². The molecule has 8 atom stereocenters. The van der Waals surface area contributed by atoms with Crippen LogP contribution < -0.4 is 35.8 Å². The van der Waals surface area contributed by atoms with E-state index >= 15 is 79.0 Å². The Bertz CT molecular complexity index is 5940. The molecule has 9 aromatic rings. The molecule has 39 heteroatoms. The Labute approximate surface area is 684 Å². The van der Waals surface area contributed by atoms with Gasteiger partial charge in [0, 0.05) is 22.3 Å². The minimum atomic E-state index is -6.47. The number of fused-ring (bicyclic) bond motifs is 10.